The number of nitrogens with zero attached hydrogens (tertiary/aromatic N) is 5. The molecular formula is C15H14ClN7O2S2. The Bertz CT molecular complexity index is 946. The lowest BCUT2D eigenvalue weighted by atomic mass is 10.3. The van der Waals surface area contributed by atoms with Gasteiger partial charge in [0, 0.05) is 7.05 Å². The van der Waals surface area contributed by atoms with Crippen LogP contribution < -0.4 is 10.6 Å². The van der Waals surface area contributed by atoms with Crippen LogP contribution in [0, 0.1) is 0 Å². The normalized spacial score (nSPS) is 10.6. The molecule has 0 unspecified atom stereocenters. The molecule has 2 heterocycles. The summed E-state index contributed by atoms with van der Waals surface area (Å²) in [5, 5.41) is 22.2. The van der Waals surface area contributed by atoms with Gasteiger partial charge in [-0.15, -0.1) is 20.4 Å². The lowest BCUT2D eigenvalue weighted by molar-refractivity contribution is -0.116. The van der Waals surface area contributed by atoms with E-state index in [2.05, 4.69) is 31.0 Å². The molecule has 2 amide bonds. The fourth-order valence-electron chi connectivity index (χ4n) is 2.04. The number of benzene rings is 1. The van der Waals surface area contributed by atoms with Crippen LogP contribution in [0.5, 0.6) is 0 Å². The highest BCUT2D eigenvalue weighted by atomic mass is 35.5. The molecule has 0 aliphatic carbocycles. The summed E-state index contributed by atoms with van der Waals surface area (Å²) in [7, 11) is 1.74. The number of carbonyl (C=O) groups excluding carboxylic acids is 2. The second kappa shape index (κ2) is 8.93. The molecule has 3 aromatic rings. The third-order valence-corrected chi connectivity index (χ3v) is 5.29. The predicted molar refractivity (Wildman–Crippen MR) is 104 cm³/mol. The van der Waals surface area contributed by atoms with Crippen LogP contribution in [0.15, 0.2) is 34.9 Å². The summed E-state index contributed by atoms with van der Waals surface area (Å²) in [6.45, 7) is 0. The van der Waals surface area contributed by atoms with E-state index in [1.165, 1.54) is 28.6 Å². The van der Waals surface area contributed by atoms with Gasteiger partial charge in [-0.25, -0.2) is 0 Å². The topological polar surface area (TPSA) is 115 Å². The first kappa shape index (κ1) is 19.3. The molecular weight excluding hydrogens is 410 g/mol. The number of aromatic nitrogens is 5. The summed E-state index contributed by atoms with van der Waals surface area (Å²) in [4.78, 5) is 24.1. The molecule has 0 saturated heterocycles. The number of hydrogen-bond donors (Lipinski definition) is 2. The van der Waals surface area contributed by atoms with E-state index in [4.69, 9.17) is 11.6 Å². The summed E-state index contributed by atoms with van der Waals surface area (Å²) < 4.78 is 1.68. The molecule has 0 aliphatic heterocycles. The Labute approximate surface area is 167 Å². The SMILES string of the molecule is Cn1c(CC(=O)Nc2ccccc2Cl)nnc1SCC(=O)Nc1nncs1. The summed E-state index contributed by atoms with van der Waals surface area (Å²) in [6.07, 6.45) is 0.0340. The molecule has 1 aromatic carbocycles. The summed E-state index contributed by atoms with van der Waals surface area (Å²) in [6, 6.07) is 6.98. The third-order valence-electron chi connectivity index (χ3n) is 3.33. The molecule has 2 N–H and O–H groups in total. The average Bonchev–Trinajstić information content (AvgIpc) is 3.26. The van der Waals surface area contributed by atoms with Gasteiger partial charge in [-0.2, -0.15) is 0 Å². The van der Waals surface area contributed by atoms with Crippen molar-refractivity contribution in [1.82, 2.24) is 25.0 Å². The highest BCUT2D eigenvalue weighted by Gasteiger charge is 2.15. The van der Waals surface area contributed by atoms with Gasteiger partial charge in [0.1, 0.15) is 11.3 Å². The van der Waals surface area contributed by atoms with Crippen molar-refractivity contribution in [1.29, 1.82) is 0 Å². The van der Waals surface area contributed by atoms with Crippen LogP contribution in [0.2, 0.25) is 5.02 Å². The van der Waals surface area contributed by atoms with Crippen LogP contribution in [0.1, 0.15) is 5.82 Å². The first-order valence-corrected chi connectivity index (χ1v) is 9.88. The van der Waals surface area contributed by atoms with Crippen LogP contribution in [0.4, 0.5) is 10.8 Å². The Morgan fingerprint density at radius 2 is 2.00 bits per heavy atom. The molecule has 2 aromatic heterocycles. The highest BCUT2D eigenvalue weighted by molar-refractivity contribution is 7.99. The fourth-order valence-corrected chi connectivity index (χ4v) is 3.41. The van der Waals surface area contributed by atoms with Gasteiger partial charge < -0.3 is 9.88 Å². The van der Waals surface area contributed by atoms with E-state index in [1.807, 2.05) is 0 Å². The number of anilines is 2. The number of amides is 2. The van der Waals surface area contributed by atoms with E-state index < -0.39 is 0 Å². The summed E-state index contributed by atoms with van der Waals surface area (Å²) in [5.41, 5.74) is 2.07. The number of nitrogens with one attached hydrogen (secondary N) is 2. The average molecular weight is 424 g/mol. The molecule has 0 fully saturated rings. The predicted octanol–water partition coefficient (Wildman–Crippen LogP) is 2.23. The van der Waals surface area contributed by atoms with Crippen molar-refractivity contribution in [3.63, 3.8) is 0 Å². The standard InChI is InChI=1S/C15H14ClN7O2S2/c1-23-11(6-12(24)18-10-5-3-2-4-9(10)16)20-22-15(23)26-7-13(25)19-14-21-17-8-27-14/h2-5,8H,6-7H2,1H3,(H,18,24)(H,19,21,25). The number of para-hydroxylation sites is 1. The van der Waals surface area contributed by atoms with Crippen molar-refractivity contribution in [2.24, 2.45) is 7.05 Å². The molecule has 3 rings (SSSR count). The monoisotopic (exact) mass is 423 g/mol. The van der Waals surface area contributed by atoms with E-state index in [0.29, 0.717) is 26.8 Å². The quantitative estimate of drug-likeness (QED) is 0.560. The largest absolute Gasteiger partial charge is 0.324 e. The minimum absolute atomic E-state index is 0.0340. The number of halogens is 1. The Morgan fingerprint density at radius 3 is 2.74 bits per heavy atom. The van der Waals surface area contributed by atoms with Crippen molar-refractivity contribution >= 4 is 57.3 Å². The maximum absolute atomic E-state index is 12.2. The molecule has 9 nitrogen and oxygen atoms in total. The lowest BCUT2D eigenvalue weighted by Gasteiger charge is -2.07. The fraction of sp³-hybridized carbons (Fsp3) is 0.200. The number of carbonyl (C=O) groups is 2. The van der Waals surface area contributed by atoms with Gasteiger partial charge in [0.2, 0.25) is 16.9 Å². The molecule has 12 heteroatoms. The lowest BCUT2D eigenvalue weighted by Crippen LogP contribution is -2.17. The summed E-state index contributed by atoms with van der Waals surface area (Å²) in [5.74, 6) is 0.130. The Kier molecular flexibility index (Phi) is 6.37. The zero-order chi connectivity index (χ0) is 19.2. The van der Waals surface area contributed by atoms with Gasteiger partial charge in [0.15, 0.2) is 5.16 Å². The van der Waals surface area contributed by atoms with Crippen molar-refractivity contribution in [2.75, 3.05) is 16.4 Å². The highest BCUT2D eigenvalue weighted by Crippen LogP contribution is 2.21. The zero-order valence-corrected chi connectivity index (χ0v) is 16.4. The first-order chi connectivity index (χ1) is 13.0. The minimum atomic E-state index is -0.260. The number of hydrogen-bond acceptors (Lipinski definition) is 8. The minimum Gasteiger partial charge on any atom is -0.324 e. The van der Waals surface area contributed by atoms with Gasteiger partial charge in [-0.1, -0.05) is 46.8 Å². The molecule has 0 aliphatic rings. The van der Waals surface area contributed by atoms with Crippen molar-refractivity contribution < 1.29 is 9.59 Å². The molecule has 0 saturated carbocycles. The Balaban J connectivity index is 1.54. The van der Waals surface area contributed by atoms with Crippen molar-refractivity contribution in [2.45, 2.75) is 11.6 Å². The van der Waals surface area contributed by atoms with E-state index in [1.54, 1.807) is 35.9 Å². The second-order valence-corrected chi connectivity index (χ2v) is 7.43. The first-order valence-electron chi connectivity index (χ1n) is 7.64. The van der Waals surface area contributed by atoms with Crippen LogP contribution in [0.3, 0.4) is 0 Å². The van der Waals surface area contributed by atoms with E-state index in [9.17, 15) is 9.59 Å². The number of thioether (sulfide) groups is 1. The Morgan fingerprint density at radius 1 is 1.19 bits per heavy atom. The molecule has 0 atom stereocenters. The molecule has 0 spiro atoms. The maximum Gasteiger partial charge on any atom is 0.236 e. The molecule has 0 radical (unpaired) electrons. The van der Waals surface area contributed by atoms with Crippen LogP contribution in [0.25, 0.3) is 0 Å². The zero-order valence-electron chi connectivity index (χ0n) is 14.0. The van der Waals surface area contributed by atoms with Gasteiger partial charge in [-0.3, -0.25) is 14.9 Å². The van der Waals surface area contributed by atoms with Gasteiger partial charge in [0.25, 0.3) is 0 Å². The smallest absolute Gasteiger partial charge is 0.236 e. The van der Waals surface area contributed by atoms with Gasteiger partial charge in [-0.05, 0) is 12.1 Å². The van der Waals surface area contributed by atoms with Crippen molar-refractivity contribution in [3.05, 3.63) is 40.6 Å². The van der Waals surface area contributed by atoms with E-state index >= 15 is 0 Å². The number of rotatable bonds is 7. The Hall–Kier alpha value is -2.50. The molecule has 140 valence electrons. The second-order valence-electron chi connectivity index (χ2n) is 5.24. The maximum atomic E-state index is 12.2. The van der Waals surface area contributed by atoms with E-state index in [0.717, 1.165) is 0 Å². The van der Waals surface area contributed by atoms with Crippen LogP contribution in [-0.2, 0) is 23.1 Å². The van der Waals surface area contributed by atoms with Crippen LogP contribution >= 0.6 is 34.7 Å². The molecule has 0 bridgehead atoms. The molecule has 27 heavy (non-hydrogen) atoms. The van der Waals surface area contributed by atoms with Gasteiger partial charge in [0.05, 0.1) is 22.9 Å². The van der Waals surface area contributed by atoms with Crippen molar-refractivity contribution in [3.8, 4) is 0 Å². The van der Waals surface area contributed by atoms with Crippen LogP contribution in [-0.4, -0.2) is 42.5 Å². The third kappa shape index (κ3) is 5.25. The van der Waals surface area contributed by atoms with Gasteiger partial charge >= 0.3 is 0 Å². The summed E-state index contributed by atoms with van der Waals surface area (Å²) >= 11 is 8.48. The van der Waals surface area contributed by atoms with E-state index in [-0.39, 0.29) is 24.0 Å².